The van der Waals surface area contributed by atoms with Gasteiger partial charge in [-0.15, -0.1) is 0 Å². The molecule has 0 fully saturated rings. The molecule has 7 heteroatoms. The lowest BCUT2D eigenvalue weighted by molar-refractivity contribution is 0.414. The van der Waals surface area contributed by atoms with Crippen LogP contribution in [0.3, 0.4) is 0 Å². The van der Waals surface area contributed by atoms with Gasteiger partial charge in [-0.25, -0.2) is 4.98 Å². The summed E-state index contributed by atoms with van der Waals surface area (Å²) in [6.07, 6.45) is 2.50. The van der Waals surface area contributed by atoms with Crippen LogP contribution in [0.15, 0.2) is 59.2 Å². The van der Waals surface area contributed by atoms with E-state index in [1.807, 2.05) is 36.4 Å². The number of nitrogens with one attached hydrogen (secondary N) is 1. The highest BCUT2D eigenvalue weighted by atomic mass is 35.5. The Kier molecular flexibility index (Phi) is 4.48. The molecule has 0 saturated heterocycles. The summed E-state index contributed by atoms with van der Waals surface area (Å²) in [5, 5.41) is 4.76. The maximum Gasteiger partial charge on any atom is 0.230 e. The summed E-state index contributed by atoms with van der Waals surface area (Å²) in [6, 6.07) is 15.9. The fourth-order valence-corrected chi connectivity index (χ4v) is 3.91. The summed E-state index contributed by atoms with van der Waals surface area (Å²) < 4.78 is 10.8. The Bertz CT molecular complexity index is 1170. The van der Waals surface area contributed by atoms with E-state index >= 15 is 0 Å². The van der Waals surface area contributed by atoms with E-state index in [2.05, 4.69) is 27.3 Å². The number of hydrogen-bond donors (Lipinski definition) is 1. The highest BCUT2D eigenvalue weighted by Crippen LogP contribution is 2.34. The van der Waals surface area contributed by atoms with E-state index in [1.165, 1.54) is 5.56 Å². The number of aromatic nitrogens is 2. The van der Waals surface area contributed by atoms with Crippen LogP contribution < -0.4 is 15.0 Å². The Hall–Kier alpha value is -3.25. The minimum absolute atomic E-state index is 0.458. The number of rotatable bonds is 5. The summed E-state index contributed by atoms with van der Waals surface area (Å²) >= 11 is 6.49. The number of nitrogens with zero attached hydrogens (tertiary/aromatic N) is 3. The SMILES string of the molecule is COc1ccc(CN2CCc3c(Cl)nc(Nc4cccc5ccoc45)nc32)cc1. The predicted molar refractivity (Wildman–Crippen MR) is 114 cm³/mol. The fraction of sp³-hybridized carbons (Fsp3) is 0.182. The minimum atomic E-state index is 0.458. The van der Waals surface area contributed by atoms with Crippen molar-refractivity contribution in [2.75, 3.05) is 23.9 Å². The maximum atomic E-state index is 6.49. The standard InChI is InChI=1S/C22H19ClN4O2/c1-28-16-7-5-14(6-8-16)13-27-11-9-17-20(23)25-22(26-21(17)27)24-18-4-2-3-15-10-12-29-19(15)18/h2-8,10,12H,9,11,13H2,1H3,(H,24,25,26). The monoisotopic (exact) mass is 406 g/mol. The van der Waals surface area contributed by atoms with E-state index < -0.39 is 0 Å². The van der Waals surface area contributed by atoms with Gasteiger partial charge in [-0.1, -0.05) is 35.9 Å². The Balaban J connectivity index is 1.44. The molecule has 0 spiro atoms. The predicted octanol–water partition coefficient (Wildman–Crippen LogP) is 5.19. The van der Waals surface area contributed by atoms with Gasteiger partial charge in [0.05, 0.1) is 19.1 Å². The molecule has 4 aromatic rings. The molecule has 29 heavy (non-hydrogen) atoms. The lowest BCUT2D eigenvalue weighted by Crippen LogP contribution is -2.20. The third kappa shape index (κ3) is 3.36. The van der Waals surface area contributed by atoms with Crippen molar-refractivity contribution in [3.63, 3.8) is 0 Å². The molecule has 0 atom stereocenters. The highest BCUT2D eigenvalue weighted by Gasteiger charge is 2.25. The molecule has 0 bridgehead atoms. The van der Waals surface area contributed by atoms with Crippen LogP contribution in [0.1, 0.15) is 11.1 Å². The number of anilines is 3. The van der Waals surface area contributed by atoms with Gasteiger partial charge < -0.3 is 19.4 Å². The average molecular weight is 407 g/mol. The van der Waals surface area contributed by atoms with Crippen LogP contribution in [-0.4, -0.2) is 23.6 Å². The van der Waals surface area contributed by atoms with E-state index in [0.717, 1.165) is 53.3 Å². The van der Waals surface area contributed by atoms with E-state index in [9.17, 15) is 0 Å². The van der Waals surface area contributed by atoms with Crippen molar-refractivity contribution >= 4 is 40.0 Å². The average Bonchev–Trinajstić information content (AvgIpc) is 3.37. The van der Waals surface area contributed by atoms with Crippen molar-refractivity contribution in [1.29, 1.82) is 0 Å². The molecule has 0 saturated carbocycles. The van der Waals surface area contributed by atoms with Gasteiger partial charge in [-0.2, -0.15) is 4.98 Å². The van der Waals surface area contributed by atoms with Gasteiger partial charge in [0.25, 0.3) is 0 Å². The zero-order valence-electron chi connectivity index (χ0n) is 15.9. The summed E-state index contributed by atoms with van der Waals surface area (Å²) in [5.74, 6) is 2.17. The number of methoxy groups -OCH3 is 1. The van der Waals surface area contributed by atoms with Crippen molar-refractivity contribution in [2.45, 2.75) is 13.0 Å². The van der Waals surface area contributed by atoms with Gasteiger partial charge >= 0.3 is 0 Å². The van der Waals surface area contributed by atoms with Gasteiger partial charge in [0.1, 0.15) is 16.7 Å². The molecule has 2 aromatic heterocycles. The first-order chi connectivity index (χ1) is 14.2. The summed E-state index contributed by atoms with van der Waals surface area (Å²) in [6.45, 7) is 1.60. The Morgan fingerprint density at radius 3 is 2.83 bits per heavy atom. The van der Waals surface area contributed by atoms with Gasteiger partial charge in [0, 0.05) is 24.0 Å². The fourth-order valence-electron chi connectivity index (χ4n) is 3.65. The third-order valence-electron chi connectivity index (χ3n) is 5.12. The first-order valence-electron chi connectivity index (χ1n) is 9.39. The zero-order chi connectivity index (χ0) is 19.8. The summed E-state index contributed by atoms with van der Waals surface area (Å²) in [5.41, 5.74) is 3.75. The number of para-hydroxylation sites is 1. The van der Waals surface area contributed by atoms with Crippen molar-refractivity contribution in [2.24, 2.45) is 0 Å². The summed E-state index contributed by atoms with van der Waals surface area (Å²) in [7, 11) is 1.67. The molecule has 1 aliphatic heterocycles. The second-order valence-electron chi connectivity index (χ2n) is 6.93. The molecule has 5 rings (SSSR count). The van der Waals surface area contributed by atoms with E-state index in [-0.39, 0.29) is 0 Å². The van der Waals surface area contributed by atoms with Gasteiger partial charge in [0.2, 0.25) is 5.95 Å². The molecular weight excluding hydrogens is 388 g/mol. The molecule has 146 valence electrons. The second kappa shape index (κ2) is 7.29. The van der Waals surface area contributed by atoms with Crippen molar-refractivity contribution < 1.29 is 9.15 Å². The van der Waals surface area contributed by atoms with Crippen molar-refractivity contribution in [3.8, 4) is 5.75 Å². The van der Waals surface area contributed by atoms with Crippen molar-refractivity contribution in [1.82, 2.24) is 9.97 Å². The molecule has 0 aliphatic carbocycles. The van der Waals surface area contributed by atoms with Crippen LogP contribution >= 0.6 is 11.6 Å². The number of fused-ring (bicyclic) bond motifs is 2. The lowest BCUT2D eigenvalue weighted by atomic mass is 10.2. The third-order valence-corrected chi connectivity index (χ3v) is 5.44. The van der Waals surface area contributed by atoms with Crippen molar-refractivity contribution in [3.05, 3.63) is 71.1 Å². The summed E-state index contributed by atoms with van der Waals surface area (Å²) in [4.78, 5) is 11.4. The number of ether oxygens (including phenoxy) is 1. The van der Waals surface area contributed by atoms with E-state index in [1.54, 1.807) is 13.4 Å². The molecule has 0 unspecified atom stereocenters. The number of halogens is 1. The minimum Gasteiger partial charge on any atom is -0.497 e. The zero-order valence-corrected chi connectivity index (χ0v) is 16.6. The van der Waals surface area contributed by atoms with Crippen LogP contribution in [0.25, 0.3) is 11.0 Å². The topological polar surface area (TPSA) is 63.4 Å². The van der Waals surface area contributed by atoms with Crippen LogP contribution in [0.5, 0.6) is 5.75 Å². The Labute approximate surface area is 173 Å². The van der Waals surface area contributed by atoms with Gasteiger partial charge in [-0.3, -0.25) is 0 Å². The quantitative estimate of drug-likeness (QED) is 0.460. The molecular formula is C22H19ClN4O2. The first-order valence-corrected chi connectivity index (χ1v) is 9.76. The van der Waals surface area contributed by atoms with Crippen LogP contribution in [0.2, 0.25) is 5.15 Å². The number of benzene rings is 2. The lowest BCUT2D eigenvalue weighted by Gasteiger charge is -2.19. The van der Waals surface area contributed by atoms with Crippen LogP contribution in [0, 0.1) is 0 Å². The maximum absolute atomic E-state index is 6.49. The Morgan fingerprint density at radius 2 is 2.00 bits per heavy atom. The highest BCUT2D eigenvalue weighted by molar-refractivity contribution is 6.30. The molecule has 3 heterocycles. The molecule has 1 aliphatic rings. The number of hydrogen-bond acceptors (Lipinski definition) is 6. The molecule has 1 N–H and O–H groups in total. The smallest absolute Gasteiger partial charge is 0.230 e. The second-order valence-corrected chi connectivity index (χ2v) is 7.29. The molecule has 0 radical (unpaired) electrons. The molecule has 0 amide bonds. The van der Waals surface area contributed by atoms with Gasteiger partial charge in [-0.05, 0) is 36.2 Å². The normalized spacial score (nSPS) is 13.0. The van der Waals surface area contributed by atoms with E-state index in [4.69, 9.17) is 25.7 Å². The molecule has 6 nitrogen and oxygen atoms in total. The molecule has 2 aromatic carbocycles. The van der Waals surface area contributed by atoms with E-state index in [0.29, 0.717) is 11.1 Å². The largest absolute Gasteiger partial charge is 0.497 e. The number of furan rings is 1. The Morgan fingerprint density at radius 1 is 1.14 bits per heavy atom. The van der Waals surface area contributed by atoms with Gasteiger partial charge in [0.15, 0.2) is 5.58 Å². The first kappa shape index (κ1) is 17.8. The van der Waals surface area contributed by atoms with Crippen LogP contribution in [-0.2, 0) is 13.0 Å². The van der Waals surface area contributed by atoms with Crippen LogP contribution in [0.4, 0.5) is 17.5 Å².